The molecule has 1 atom stereocenters. The van der Waals surface area contributed by atoms with Crippen LogP contribution in [-0.4, -0.2) is 28.8 Å². The number of alkyl halides is 2. The molecule has 0 aromatic carbocycles. The number of hydrogen-bond acceptors (Lipinski definition) is 3. The van der Waals surface area contributed by atoms with Crippen LogP contribution >= 0.6 is 15.9 Å². The summed E-state index contributed by atoms with van der Waals surface area (Å²) in [5.74, 6) is -3.44. The highest BCUT2D eigenvalue weighted by atomic mass is 79.9. The predicted octanol–water partition coefficient (Wildman–Crippen LogP) is 2.01. The second kappa shape index (κ2) is 3.26. The summed E-state index contributed by atoms with van der Waals surface area (Å²) in [7, 11) is 1.19. The van der Waals surface area contributed by atoms with Crippen LogP contribution in [0, 0.1) is 0 Å². The fourth-order valence-corrected chi connectivity index (χ4v) is 1.71. The highest BCUT2D eigenvalue weighted by Crippen LogP contribution is 2.52. The zero-order chi connectivity index (χ0) is 11.2. The molecule has 0 amide bonds. The molecule has 0 spiro atoms. The van der Waals surface area contributed by atoms with Crippen molar-refractivity contribution in [2.75, 3.05) is 7.11 Å². The average molecular weight is 281 g/mol. The van der Waals surface area contributed by atoms with Gasteiger partial charge in [-0.15, -0.1) is 0 Å². The van der Waals surface area contributed by atoms with E-state index in [2.05, 4.69) is 25.8 Å². The minimum Gasteiger partial charge on any atom is -0.464 e. The van der Waals surface area contributed by atoms with Crippen molar-refractivity contribution in [2.24, 2.45) is 0 Å². The molecule has 0 aliphatic heterocycles. The second-order valence-electron chi connectivity index (χ2n) is 3.27. The Bertz CT molecular complexity index is 419. The number of halogens is 3. The maximum atomic E-state index is 12.8. The highest BCUT2D eigenvalue weighted by molar-refractivity contribution is 9.10. The first-order chi connectivity index (χ1) is 6.95. The maximum absolute atomic E-state index is 12.8. The van der Waals surface area contributed by atoms with E-state index in [0.717, 1.165) is 4.68 Å². The lowest BCUT2D eigenvalue weighted by molar-refractivity contribution is 0.0577. The van der Waals surface area contributed by atoms with Gasteiger partial charge in [-0.3, -0.25) is 0 Å². The molecule has 0 radical (unpaired) electrons. The van der Waals surface area contributed by atoms with Crippen LogP contribution in [0.5, 0.6) is 0 Å². The number of nitrogens with zero attached hydrogens (tertiary/aromatic N) is 2. The third-order valence-electron chi connectivity index (χ3n) is 2.19. The molecule has 1 saturated carbocycles. The van der Waals surface area contributed by atoms with E-state index in [9.17, 15) is 13.6 Å². The second-order valence-corrected chi connectivity index (χ2v) is 4.08. The van der Waals surface area contributed by atoms with E-state index in [4.69, 9.17) is 0 Å². The number of aromatic nitrogens is 2. The van der Waals surface area contributed by atoms with Crippen molar-refractivity contribution in [3.8, 4) is 0 Å². The number of esters is 1. The van der Waals surface area contributed by atoms with Gasteiger partial charge in [0.15, 0.2) is 0 Å². The summed E-state index contributed by atoms with van der Waals surface area (Å²) in [6.07, 6.45) is -0.287. The van der Waals surface area contributed by atoms with Crippen LogP contribution in [0.3, 0.4) is 0 Å². The molecular formula is C8H7BrF2N2O2. The molecule has 0 bridgehead atoms. The molecule has 2 rings (SSSR count). The Kier molecular flexibility index (Phi) is 2.29. The molecule has 82 valence electrons. The third-order valence-corrected chi connectivity index (χ3v) is 2.58. The van der Waals surface area contributed by atoms with E-state index in [1.807, 2.05) is 0 Å². The first-order valence-electron chi connectivity index (χ1n) is 4.17. The van der Waals surface area contributed by atoms with Gasteiger partial charge in [-0.1, -0.05) is 0 Å². The van der Waals surface area contributed by atoms with Crippen LogP contribution in [0.25, 0.3) is 0 Å². The number of carbonyl (C=O) groups excluding carboxylic acids is 1. The van der Waals surface area contributed by atoms with Crippen molar-refractivity contribution in [3.63, 3.8) is 0 Å². The Morgan fingerprint density at radius 1 is 1.80 bits per heavy atom. The summed E-state index contributed by atoms with van der Waals surface area (Å²) < 4.78 is 31.4. The zero-order valence-corrected chi connectivity index (χ0v) is 9.29. The van der Waals surface area contributed by atoms with Gasteiger partial charge in [0.2, 0.25) is 0 Å². The van der Waals surface area contributed by atoms with E-state index >= 15 is 0 Å². The standard InChI is InChI=1S/C8H7BrF2N2O2/c1-15-7(14)4-2-6(9)12-13(4)5-3-8(5,10)11/h2,5H,3H2,1H3. The Labute approximate surface area is 92.3 Å². The normalized spacial score (nSPS) is 22.5. The molecule has 0 N–H and O–H groups in total. The molecule has 1 aliphatic rings. The fraction of sp³-hybridized carbons (Fsp3) is 0.500. The van der Waals surface area contributed by atoms with Gasteiger partial charge in [0.1, 0.15) is 16.3 Å². The molecule has 1 unspecified atom stereocenters. The summed E-state index contributed by atoms with van der Waals surface area (Å²) in [6.45, 7) is 0. The van der Waals surface area contributed by atoms with Crippen LogP contribution in [0.1, 0.15) is 23.0 Å². The summed E-state index contributed by atoms with van der Waals surface area (Å²) in [5.41, 5.74) is 0.0338. The average Bonchev–Trinajstić information content (AvgIpc) is 2.62. The molecule has 0 saturated heterocycles. The number of carbonyl (C=O) groups is 1. The third kappa shape index (κ3) is 1.75. The molecule has 4 nitrogen and oxygen atoms in total. The van der Waals surface area contributed by atoms with Crippen LogP contribution in [-0.2, 0) is 4.74 Å². The summed E-state index contributed by atoms with van der Waals surface area (Å²) in [5, 5.41) is 3.79. The smallest absolute Gasteiger partial charge is 0.356 e. The van der Waals surface area contributed by atoms with Gasteiger partial charge in [0.05, 0.1) is 7.11 Å². The van der Waals surface area contributed by atoms with E-state index in [1.165, 1.54) is 13.2 Å². The van der Waals surface area contributed by atoms with E-state index < -0.39 is 17.9 Å². The van der Waals surface area contributed by atoms with E-state index in [1.54, 1.807) is 0 Å². The Hall–Kier alpha value is -0.980. The van der Waals surface area contributed by atoms with Crippen molar-refractivity contribution >= 4 is 21.9 Å². The predicted molar refractivity (Wildman–Crippen MR) is 49.9 cm³/mol. The van der Waals surface area contributed by atoms with Crippen molar-refractivity contribution in [2.45, 2.75) is 18.4 Å². The van der Waals surface area contributed by atoms with Crippen molar-refractivity contribution in [1.29, 1.82) is 0 Å². The van der Waals surface area contributed by atoms with Gasteiger partial charge in [-0.2, -0.15) is 5.10 Å². The van der Waals surface area contributed by atoms with Gasteiger partial charge >= 0.3 is 5.97 Å². The largest absolute Gasteiger partial charge is 0.464 e. The fourth-order valence-electron chi connectivity index (χ4n) is 1.32. The van der Waals surface area contributed by atoms with Gasteiger partial charge in [0.25, 0.3) is 5.92 Å². The minimum atomic E-state index is -2.77. The summed E-state index contributed by atoms with van der Waals surface area (Å²) in [4.78, 5) is 11.2. The quantitative estimate of drug-likeness (QED) is 0.779. The van der Waals surface area contributed by atoms with Gasteiger partial charge in [-0.25, -0.2) is 18.3 Å². The molecular weight excluding hydrogens is 274 g/mol. The topological polar surface area (TPSA) is 44.1 Å². The Balaban J connectivity index is 2.35. The number of rotatable bonds is 2. The molecule has 7 heteroatoms. The van der Waals surface area contributed by atoms with E-state index in [-0.39, 0.29) is 12.1 Å². The number of hydrogen-bond donors (Lipinski definition) is 0. The van der Waals surface area contributed by atoms with E-state index in [0.29, 0.717) is 4.60 Å². The van der Waals surface area contributed by atoms with Crippen LogP contribution in [0.4, 0.5) is 8.78 Å². The summed E-state index contributed by atoms with van der Waals surface area (Å²) >= 11 is 3.03. The Morgan fingerprint density at radius 2 is 2.40 bits per heavy atom. The number of methoxy groups -OCH3 is 1. The molecule has 15 heavy (non-hydrogen) atoms. The zero-order valence-electron chi connectivity index (χ0n) is 7.71. The summed E-state index contributed by atoms with van der Waals surface area (Å²) in [6, 6.07) is 0.332. The van der Waals surface area contributed by atoms with Gasteiger partial charge in [0, 0.05) is 12.5 Å². The molecule has 1 aliphatic carbocycles. The lowest BCUT2D eigenvalue weighted by Gasteiger charge is -2.03. The SMILES string of the molecule is COC(=O)c1cc(Br)nn1C1CC1(F)F. The number of ether oxygens (including phenoxy) is 1. The van der Waals surface area contributed by atoms with Crippen molar-refractivity contribution in [3.05, 3.63) is 16.4 Å². The molecule has 1 aromatic rings. The van der Waals surface area contributed by atoms with Gasteiger partial charge in [-0.05, 0) is 15.9 Å². The minimum absolute atomic E-state index is 0.0338. The molecule has 1 fully saturated rings. The van der Waals surface area contributed by atoms with Crippen LogP contribution < -0.4 is 0 Å². The lowest BCUT2D eigenvalue weighted by atomic mass is 10.4. The maximum Gasteiger partial charge on any atom is 0.356 e. The van der Waals surface area contributed by atoms with Crippen LogP contribution in [0.2, 0.25) is 0 Å². The Morgan fingerprint density at radius 3 is 2.87 bits per heavy atom. The lowest BCUT2D eigenvalue weighted by Crippen LogP contribution is -2.13. The van der Waals surface area contributed by atoms with Crippen LogP contribution in [0.15, 0.2) is 10.7 Å². The highest BCUT2D eigenvalue weighted by Gasteiger charge is 2.60. The van der Waals surface area contributed by atoms with Gasteiger partial charge < -0.3 is 4.74 Å². The monoisotopic (exact) mass is 280 g/mol. The first kappa shape index (κ1) is 10.5. The first-order valence-corrected chi connectivity index (χ1v) is 4.96. The van der Waals surface area contributed by atoms with Crippen molar-refractivity contribution < 1.29 is 18.3 Å². The molecule has 1 aromatic heterocycles. The van der Waals surface area contributed by atoms with Crippen molar-refractivity contribution in [1.82, 2.24) is 9.78 Å². The molecule has 1 heterocycles.